The summed E-state index contributed by atoms with van der Waals surface area (Å²) in [7, 11) is 0. The van der Waals surface area contributed by atoms with Crippen LogP contribution in [0.25, 0.3) is 11.1 Å². The number of fused-ring (bicyclic) bond motifs is 1. The Balaban J connectivity index is 1.45. The number of aliphatic carboxylic acids is 1. The maximum Gasteiger partial charge on any atom is 0.306 e. The van der Waals surface area contributed by atoms with Gasteiger partial charge in [-0.05, 0) is 50.3 Å². The van der Waals surface area contributed by atoms with Crippen molar-refractivity contribution in [3.63, 3.8) is 0 Å². The molecule has 0 bridgehead atoms. The van der Waals surface area contributed by atoms with Gasteiger partial charge in [0.15, 0.2) is 5.58 Å². The Bertz CT molecular complexity index is 582. The van der Waals surface area contributed by atoms with Crippen molar-refractivity contribution < 1.29 is 14.3 Å². The Kier molecular flexibility index (Phi) is 4.20. The van der Waals surface area contributed by atoms with Crippen LogP contribution in [0, 0.1) is 11.8 Å². The van der Waals surface area contributed by atoms with E-state index < -0.39 is 5.97 Å². The van der Waals surface area contributed by atoms with Crippen molar-refractivity contribution in [1.29, 1.82) is 0 Å². The molecule has 2 N–H and O–H groups in total. The molecule has 1 aliphatic carbocycles. The van der Waals surface area contributed by atoms with Crippen molar-refractivity contribution in [2.45, 2.75) is 32.2 Å². The van der Waals surface area contributed by atoms with Crippen molar-refractivity contribution in [2.75, 3.05) is 6.54 Å². The number of hydrogen-bond donors (Lipinski definition) is 2. The van der Waals surface area contributed by atoms with Crippen LogP contribution < -0.4 is 5.32 Å². The van der Waals surface area contributed by atoms with Gasteiger partial charge in [0.2, 0.25) is 5.89 Å². The average molecular weight is 288 g/mol. The maximum atomic E-state index is 10.9. The normalized spacial score (nSPS) is 22.5. The first kappa shape index (κ1) is 14.1. The number of benzene rings is 1. The third kappa shape index (κ3) is 3.42. The van der Waals surface area contributed by atoms with Gasteiger partial charge in [0.1, 0.15) is 5.52 Å². The molecule has 5 nitrogen and oxygen atoms in total. The van der Waals surface area contributed by atoms with E-state index in [0.29, 0.717) is 18.4 Å². The molecule has 0 amide bonds. The summed E-state index contributed by atoms with van der Waals surface area (Å²) < 4.78 is 5.65. The van der Waals surface area contributed by atoms with Gasteiger partial charge in [-0.15, -0.1) is 0 Å². The number of hydrogen-bond acceptors (Lipinski definition) is 4. The van der Waals surface area contributed by atoms with Gasteiger partial charge in [0.05, 0.1) is 12.5 Å². The van der Waals surface area contributed by atoms with Crippen LogP contribution in [0.3, 0.4) is 0 Å². The van der Waals surface area contributed by atoms with Crippen LogP contribution >= 0.6 is 0 Å². The molecule has 0 radical (unpaired) electrons. The lowest BCUT2D eigenvalue weighted by Crippen LogP contribution is -2.28. The lowest BCUT2D eigenvalue weighted by molar-refractivity contribution is -0.143. The van der Waals surface area contributed by atoms with Crippen LogP contribution in [0.1, 0.15) is 31.6 Å². The highest BCUT2D eigenvalue weighted by molar-refractivity contribution is 5.72. The van der Waals surface area contributed by atoms with Crippen LogP contribution in [-0.4, -0.2) is 22.6 Å². The smallest absolute Gasteiger partial charge is 0.306 e. The van der Waals surface area contributed by atoms with Crippen LogP contribution in [-0.2, 0) is 11.3 Å². The molecular weight excluding hydrogens is 268 g/mol. The molecule has 1 saturated carbocycles. The summed E-state index contributed by atoms with van der Waals surface area (Å²) in [5.74, 6) is 0.478. The van der Waals surface area contributed by atoms with Crippen molar-refractivity contribution in [1.82, 2.24) is 10.3 Å². The monoisotopic (exact) mass is 288 g/mol. The fourth-order valence-electron chi connectivity index (χ4n) is 2.99. The van der Waals surface area contributed by atoms with E-state index in [2.05, 4.69) is 10.3 Å². The zero-order valence-electron chi connectivity index (χ0n) is 11.9. The summed E-state index contributed by atoms with van der Waals surface area (Å²) in [6, 6.07) is 7.74. The number of aromatic nitrogens is 1. The summed E-state index contributed by atoms with van der Waals surface area (Å²) >= 11 is 0. The topological polar surface area (TPSA) is 75.4 Å². The second-order valence-electron chi connectivity index (χ2n) is 5.76. The average Bonchev–Trinajstić information content (AvgIpc) is 2.90. The SMILES string of the molecule is O=C(O)C1CCC(CNCc2nc3ccccc3o2)CC1. The molecule has 0 atom stereocenters. The molecule has 1 aliphatic rings. The molecule has 1 aromatic heterocycles. The quantitative estimate of drug-likeness (QED) is 0.885. The number of oxazole rings is 1. The highest BCUT2D eigenvalue weighted by Gasteiger charge is 2.25. The minimum Gasteiger partial charge on any atom is -0.481 e. The summed E-state index contributed by atoms with van der Waals surface area (Å²) in [5, 5.41) is 12.4. The number of nitrogens with zero attached hydrogens (tertiary/aromatic N) is 1. The number of carboxylic acids is 1. The number of rotatable bonds is 5. The predicted octanol–water partition coefficient (Wildman–Crippen LogP) is 2.81. The lowest BCUT2D eigenvalue weighted by atomic mass is 9.82. The second-order valence-corrected chi connectivity index (χ2v) is 5.76. The Morgan fingerprint density at radius 2 is 2.05 bits per heavy atom. The molecule has 1 aromatic carbocycles. The van der Waals surface area contributed by atoms with E-state index >= 15 is 0 Å². The molecule has 1 fully saturated rings. The van der Waals surface area contributed by atoms with Crippen LogP contribution in [0.4, 0.5) is 0 Å². The Labute approximate surface area is 123 Å². The molecule has 3 rings (SSSR count). The van der Waals surface area contributed by atoms with Crippen molar-refractivity contribution in [3.05, 3.63) is 30.2 Å². The van der Waals surface area contributed by atoms with Crippen LogP contribution in [0.15, 0.2) is 28.7 Å². The van der Waals surface area contributed by atoms with Gasteiger partial charge in [0.25, 0.3) is 0 Å². The Morgan fingerprint density at radius 1 is 1.29 bits per heavy atom. The van der Waals surface area contributed by atoms with E-state index in [4.69, 9.17) is 9.52 Å². The zero-order valence-corrected chi connectivity index (χ0v) is 11.9. The van der Waals surface area contributed by atoms with E-state index in [1.807, 2.05) is 24.3 Å². The molecule has 0 unspecified atom stereocenters. The molecule has 2 aromatic rings. The summed E-state index contributed by atoms with van der Waals surface area (Å²) in [5.41, 5.74) is 1.70. The Morgan fingerprint density at radius 3 is 2.76 bits per heavy atom. The molecule has 21 heavy (non-hydrogen) atoms. The fraction of sp³-hybridized carbons (Fsp3) is 0.500. The zero-order chi connectivity index (χ0) is 14.7. The summed E-state index contributed by atoms with van der Waals surface area (Å²) in [6.07, 6.45) is 3.56. The largest absolute Gasteiger partial charge is 0.481 e. The first-order valence-electron chi connectivity index (χ1n) is 7.50. The standard InChI is InChI=1S/C16H20N2O3/c19-16(20)12-7-5-11(6-8-12)9-17-10-15-18-13-3-1-2-4-14(13)21-15/h1-4,11-12,17H,5-10H2,(H,19,20). The molecule has 0 aliphatic heterocycles. The van der Waals surface area contributed by atoms with Crippen molar-refractivity contribution >= 4 is 17.1 Å². The van der Waals surface area contributed by atoms with Crippen molar-refractivity contribution in [3.8, 4) is 0 Å². The predicted molar refractivity (Wildman–Crippen MR) is 78.8 cm³/mol. The van der Waals surface area contributed by atoms with Crippen LogP contribution in [0.5, 0.6) is 0 Å². The maximum absolute atomic E-state index is 10.9. The van der Waals surface area contributed by atoms with Crippen molar-refractivity contribution in [2.24, 2.45) is 11.8 Å². The van der Waals surface area contributed by atoms with E-state index in [-0.39, 0.29) is 5.92 Å². The van der Waals surface area contributed by atoms with E-state index in [1.54, 1.807) is 0 Å². The molecular formula is C16H20N2O3. The summed E-state index contributed by atoms with van der Waals surface area (Å²) in [6.45, 7) is 1.51. The van der Waals surface area contributed by atoms with Gasteiger partial charge in [-0.25, -0.2) is 4.98 Å². The first-order chi connectivity index (χ1) is 10.2. The minimum atomic E-state index is -0.645. The third-order valence-electron chi connectivity index (χ3n) is 4.24. The van der Waals surface area contributed by atoms with Gasteiger partial charge in [-0.1, -0.05) is 12.1 Å². The number of nitrogens with one attached hydrogen (secondary N) is 1. The molecule has 1 heterocycles. The van der Waals surface area contributed by atoms with Gasteiger partial charge in [0, 0.05) is 0 Å². The third-order valence-corrected chi connectivity index (χ3v) is 4.24. The van der Waals surface area contributed by atoms with Gasteiger partial charge >= 0.3 is 5.97 Å². The first-order valence-corrected chi connectivity index (χ1v) is 7.50. The Hall–Kier alpha value is -1.88. The highest BCUT2D eigenvalue weighted by Crippen LogP contribution is 2.28. The minimum absolute atomic E-state index is 0.140. The molecule has 5 heteroatoms. The van der Waals surface area contributed by atoms with Gasteiger partial charge in [-0.2, -0.15) is 0 Å². The second kappa shape index (κ2) is 6.26. The molecule has 0 saturated heterocycles. The highest BCUT2D eigenvalue weighted by atomic mass is 16.4. The van der Waals surface area contributed by atoms with Gasteiger partial charge in [-0.3, -0.25) is 4.79 Å². The fourth-order valence-corrected chi connectivity index (χ4v) is 2.99. The number of para-hydroxylation sites is 2. The number of carboxylic acid groups (broad SMARTS) is 1. The van der Waals surface area contributed by atoms with E-state index in [0.717, 1.165) is 43.3 Å². The number of carbonyl (C=O) groups is 1. The van der Waals surface area contributed by atoms with E-state index in [1.165, 1.54) is 0 Å². The lowest BCUT2D eigenvalue weighted by Gasteiger charge is -2.26. The summed E-state index contributed by atoms with van der Waals surface area (Å²) in [4.78, 5) is 15.3. The molecule has 0 spiro atoms. The van der Waals surface area contributed by atoms with Crippen LogP contribution in [0.2, 0.25) is 0 Å². The van der Waals surface area contributed by atoms with Gasteiger partial charge < -0.3 is 14.8 Å². The molecule has 112 valence electrons. The van der Waals surface area contributed by atoms with E-state index in [9.17, 15) is 4.79 Å².